The molecule has 0 unspecified atom stereocenters. The molecule has 7 rings (SSSR count). The molecule has 5 aromatic rings. The number of benzene rings is 4. The van der Waals surface area contributed by atoms with Gasteiger partial charge in [0.1, 0.15) is 6.61 Å². The minimum atomic E-state index is -1.04. The van der Waals surface area contributed by atoms with Crippen molar-refractivity contribution in [1.29, 1.82) is 0 Å². The van der Waals surface area contributed by atoms with E-state index in [0.717, 1.165) is 11.3 Å². The molecule has 0 radical (unpaired) electrons. The molecule has 0 saturated heterocycles. The standard InChI is InChI=1S/C38H29ClN2O9S/c1-3-47-37(45)31-32(23-9-5-4-6-10-23)40-38-41(33(31)24-12-13-27-28(18-24)50-20-49-27)35(42)30(51-38)17-22-15-26(39)34(29(16-22)46-2)48-19-21-8-7-11-25(14-21)36(43)44/h4-18,33H,3,19-20H2,1-2H3,(H,43,44)/b30-17+/t33-/m0/s1. The summed E-state index contributed by atoms with van der Waals surface area (Å²) in [4.78, 5) is 44.8. The Morgan fingerprint density at radius 2 is 1.84 bits per heavy atom. The van der Waals surface area contributed by atoms with Gasteiger partial charge in [-0.25, -0.2) is 14.6 Å². The Kier molecular flexibility index (Phi) is 9.35. The maximum absolute atomic E-state index is 14.4. The number of fused-ring (bicyclic) bond motifs is 2. The lowest BCUT2D eigenvalue weighted by Gasteiger charge is -2.26. The van der Waals surface area contributed by atoms with Crippen LogP contribution in [0.3, 0.4) is 0 Å². The number of carboxylic acid groups (broad SMARTS) is 1. The van der Waals surface area contributed by atoms with E-state index in [2.05, 4.69) is 0 Å². The van der Waals surface area contributed by atoms with Crippen LogP contribution in [0.25, 0.3) is 11.8 Å². The number of rotatable bonds is 10. The van der Waals surface area contributed by atoms with Gasteiger partial charge >= 0.3 is 11.9 Å². The maximum Gasteiger partial charge on any atom is 0.338 e. The van der Waals surface area contributed by atoms with Crippen molar-refractivity contribution >= 4 is 46.6 Å². The zero-order chi connectivity index (χ0) is 35.6. The first-order valence-corrected chi connectivity index (χ1v) is 17.0. The molecule has 51 heavy (non-hydrogen) atoms. The first kappa shape index (κ1) is 33.6. The van der Waals surface area contributed by atoms with Crippen molar-refractivity contribution in [2.24, 2.45) is 4.99 Å². The van der Waals surface area contributed by atoms with Gasteiger partial charge in [-0.15, -0.1) is 0 Å². The molecule has 0 fully saturated rings. The molecule has 13 heteroatoms. The Bertz CT molecular complexity index is 2400. The van der Waals surface area contributed by atoms with E-state index in [-0.39, 0.29) is 47.5 Å². The van der Waals surface area contributed by atoms with Crippen LogP contribution in [-0.4, -0.2) is 42.1 Å². The van der Waals surface area contributed by atoms with E-state index in [1.54, 1.807) is 55.5 Å². The van der Waals surface area contributed by atoms with Crippen molar-refractivity contribution in [3.05, 3.63) is 143 Å². The Morgan fingerprint density at radius 3 is 2.61 bits per heavy atom. The second-order valence-electron chi connectivity index (χ2n) is 11.4. The summed E-state index contributed by atoms with van der Waals surface area (Å²) in [6.45, 7) is 1.95. The van der Waals surface area contributed by atoms with Crippen LogP contribution in [0.15, 0.2) is 100 Å². The molecular formula is C38H29ClN2O9S. The normalized spacial score (nSPS) is 14.9. The van der Waals surface area contributed by atoms with E-state index < -0.39 is 18.0 Å². The predicted octanol–water partition coefficient (Wildman–Crippen LogP) is 5.60. The molecular weight excluding hydrogens is 696 g/mol. The molecule has 3 heterocycles. The second-order valence-corrected chi connectivity index (χ2v) is 12.8. The Morgan fingerprint density at radius 1 is 1.04 bits per heavy atom. The van der Waals surface area contributed by atoms with Crippen molar-refractivity contribution in [3.63, 3.8) is 0 Å². The lowest BCUT2D eigenvalue weighted by molar-refractivity contribution is -0.138. The Labute approximate surface area is 299 Å². The molecule has 1 aromatic heterocycles. The molecule has 0 saturated carbocycles. The number of thiazole rings is 1. The van der Waals surface area contributed by atoms with Gasteiger partial charge in [-0.1, -0.05) is 71.5 Å². The lowest BCUT2D eigenvalue weighted by atomic mass is 9.93. The van der Waals surface area contributed by atoms with Crippen molar-refractivity contribution in [2.75, 3.05) is 20.5 Å². The minimum absolute atomic E-state index is 0.0432. The molecule has 258 valence electrons. The van der Waals surface area contributed by atoms with Crippen LogP contribution < -0.4 is 33.8 Å². The highest BCUT2D eigenvalue weighted by Gasteiger charge is 2.36. The number of ether oxygens (including phenoxy) is 5. The summed E-state index contributed by atoms with van der Waals surface area (Å²) in [7, 11) is 1.47. The summed E-state index contributed by atoms with van der Waals surface area (Å²) in [6, 6.07) is 23.4. The topological polar surface area (TPSA) is 135 Å². The fraction of sp³-hybridized carbons (Fsp3) is 0.158. The zero-order valence-electron chi connectivity index (χ0n) is 27.3. The highest BCUT2D eigenvalue weighted by molar-refractivity contribution is 7.07. The Balaban J connectivity index is 1.34. The first-order valence-electron chi connectivity index (χ1n) is 15.8. The molecule has 2 aliphatic heterocycles. The maximum atomic E-state index is 14.4. The molecule has 1 N–H and O–H groups in total. The number of carbonyl (C=O) groups excluding carboxylic acids is 1. The van der Waals surface area contributed by atoms with Crippen molar-refractivity contribution in [3.8, 4) is 23.0 Å². The van der Waals surface area contributed by atoms with Crippen molar-refractivity contribution < 1.29 is 38.4 Å². The van der Waals surface area contributed by atoms with Gasteiger partial charge in [0.2, 0.25) is 6.79 Å². The van der Waals surface area contributed by atoms with E-state index in [0.29, 0.717) is 54.5 Å². The number of hydrogen-bond acceptors (Lipinski definition) is 10. The second kappa shape index (κ2) is 14.2. The SMILES string of the molecule is CCOC(=O)C1=C(c2ccccc2)N=c2s/c(=C/c3cc(Cl)c(OCc4cccc(C(=O)O)c4)c(OC)c3)c(=O)n2[C@H]1c1ccc2c(c1)OCO2. The third-order valence-corrected chi connectivity index (χ3v) is 9.46. The van der Waals surface area contributed by atoms with Gasteiger partial charge in [0.25, 0.3) is 5.56 Å². The fourth-order valence-electron chi connectivity index (χ4n) is 5.90. The number of nitrogens with zero attached hydrogens (tertiary/aromatic N) is 2. The van der Waals surface area contributed by atoms with E-state index in [9.17, 15) is 19.5 Å². The molecule has 0 aliphatic carbocycles. The van der Waals surface area contributed by atoms with E-state index >= 15 is 0 Å². The number of hydrogen-bond donors (Lipinski definition) is 1. The highest BCUT2D eigenvalue weighted by atomic mass is 35.5. The summed E-state index contributed by atoms with van der Waals surface area (Å²) in [6.07, 6.45) is 1.67. The third-order valence-electron chi connectivity index (χ3n) is 8.19. The van der Waals surface area contributed by atoms with Crippen LogP contribution >= 0.6 is 22.9 Å². The first-order chi connectivity index (χ1) is 24.7. The number of carboxylic acids is 1. The van der Waals surface area contributed by atoms with Crippen LogP contribution in [0.4, 0.5) is 0 Å². The van der Waals surface area contributed by atoms with E-state index in [1.807, 2.05) is 30.3 Å². The molecule has 4 aromatic carbocycles. The molecule has 1 atom stereocenters. The van der Waals surface area contributed by atoms with Crippen LogP contribution in [0.2, 0.25) is 5.02 Å². The quantitative estimate of drug-likeness (QED) is 0.183. The molecule has 0 amide bonds. The molecule has 2 aliphatic rings. The Hall–Kier alpha value is -5.85. The average Bonchev–Trinajstić information content (AvgIpc) is 3.74. The van der Waals surface area contributed by atoms with Gasteiger partial charge in [0.15, 0.2) is 27.8 Å². The summed E-state index contributed by atoms with van der Waals surface area (Å²) < 4.78 is 30.1. The molecule has 0 bridgehead atoms. The monoisotopic (exact) mass is 724 g/mol. The minimum Gasteiger partial charge on any atom is -0.493 e. The van der Waals surface area contributed by atoms with Gasteiger partial charge in [-0.05, 0) is 66.1 Å². The van der Waals surface area contributed by atoms with Crippen LogP contribution in [-0.2, 0) is 16.1 Å². The van der Waals surface area contributed by atoms with Crippen LogP contribution in [0.1, 0.15) is 45.6 Å². The number of esters is 1. The number of methoxy groups -OCH3 is 1. The summed E-state index contributed by atoms with van der Waals surface area (Å²) in [5, 5.41) is 9.55. The van der Waals surface area contributed by atoms with Crippen molar-refractivity contribution in [2.45, 2.75) is 19.6 Å². The fourth-order valence-corrected chi connectivity index (χ4v) is 7.18. The number of halogens is 1. The number of carbonyl (C=O) groups is 2. The summed E-state index contributed by atoms with van der Waals surface area (Å²) >= 11 is 7.85. The van der Waals surface area contributed by atoms with Gasteiger partial charge in [-0.3, -0.25) is 9.36 Å². The molecule has 11 nitrogen and oxygen atoms in total. The summed E-state index contributed by atoms with van der Waals surface area (Å²) in [5.74, 6) is -0.0209. The number of aromatic carboxylic acids is 1. The van der Waals surface area contributed by atoms with Gasteiger partial charge in [0.05, 0.1) is 46.1 Å². The van der Waals surface area contributed by atoms with E-state index in [1.165, 1.54) is 23.8 Å². The summed E-state index contributed by atoms with van der Waals surface area (Å²) in [5.41, 5.74) is 2.83. The lowest BCUT2D eigenvalue weighted by Crippen LogP contribution is -2.40. The largest absolute Gasteiger partial charge is 0.493 e. The van der Waals surface area contributed by atoms with Gasteiger partial charge < -0.3 is 28.8 Å². The average molecular weight is 725 g/mol. The molecule has 0 spiro atoms. The predicted molar refractivity (Wildman–Crippen MR) is 189 cm³/mol. The highest BCUT2D eigenvalue weighted by Crippen LogP contribution is 2.40. The number of aromatic nitrogens is 1. The third kappa shape index (κ3) is 6.58. The van der Waals surface area contributed by atoms with E-state index in [4.69, 9.17) is 40.3 Å². The van der Waals surface area contributed by atoms with Crippen LogP contribution in [0.5, 0.6) is 23.0 Å². The van der Waals surface area contributed by atoms with Gasteiger partial charge in [0, 0.05) is 5.56 Å². The van der Waals surface area contributed by atoms with Crippen LogP contribution in [0, 0.1) is 0 Å². The van der Waals surface area contributed by atoms with Gasteiger partial charge in [-0.2, -0.15) is 0 Å². The smallest absolute Gasteiger partial charge is 0.338 e. The zero-order valence-corrected chi connectivity index (χ0v) is 28.8. The van der Waals surface area contributed by atoms with Crippen molar-refractivity contribution in [1.82, 2.24) is 4.57 Å².